The molecule has 24 heavy (non-hydrogen) atoms. The molecule has 4 rings (SSSR count). The van der Waals surface area contributed by atoms with Crippen LogP contribution < -0.4 is 20.7 Å². The minimum absolute atomic E-state index is 0.304. The summed E-state index contributed by atoms with van der Waals surface area (Å²) < 4.78 is 22.9. The SMILES string of the molecule is Cc1cc2c(c(=O)o1)C1(C)Oc3cc(C)oc(=O)c3C(C)(O2)C1C. The van der Waals surface area contributed by atoms with Crippen LogP contribution in [0.2, 0.25) is 0 Å². The van der Waals surface area contributed by atoms with E-state index in [0.29, 0.717) is 34.1 Å². The lowest BCUT2D eigenvalue weighted by atomic mass is 9.67. The van der Waals surface area contributed by atoms with Gasteiger partial charge in [-0.2, -0.15) is 0 Å². The van der Waals surface area contributed by atoms with Gasteiger partial charge in [-0.05, 0) is 27.7 Å². The van der Waals surface area contributed by atoms with Crippen molar-refractivity contribution < 1.29 is 18.3 Å². The highest BCUT2D eigenvalue weighted by atomic mass is 16.5. The van der Waals surface area contributed by atoms with Gasteiger partial charge in [-0.3, -0.25) is 0 Å². The topological polar surface area (TPSA) is 78.9 Å². The fourth-order valence-electron chi connectivity index (χ4n) is 3.92. The molecular formula is C18H18O6. The molecule has 0 spiro atoms. The number of fused-ring (bicyclic) bond motifs is 6. The normalized spacial score (nSPS) is 30.0. The van der Waals surface area contributed by atoms with E-state index in [1.54, 1.807) is 26.0 Å². The van der Waals surface area contributed by atoms with Crippen molar-refractivity contribution in [1.82, 2.24) is 0 Å². The summed E-state index contributed by atoms with van der Waals surface area (Å²) in [5.74, 6) is 1.35. The van der Waals surface area contributed by atoms with E-state index >= 15 is 0 Å². The molecule has 0 saturated heterocycles. The van der Waals surface area contributed by atoms with Gasteiger partial charge in [0.2, 0.25) is 0 Å². The first-order valence-corrected chi connectivity index (χ1v) is 7.85. The van der Waals surface area contributed by atoms with Crippen molar-refractivity contribution in [1.29, 1.82) is 0 Å². The molecule has 0 aromatic carbocycles. The summed E-state index contributed by atoms with van der Waals surface area (Å²) in [6, 6.07) is 3.31. The van der Waals surface area contributed by atoms with Gasteiger partial charge in [0.05, 0.1) is 0 Å². The van der Waals surface area contributed by atoms with Crippen molar-refractivity contribution in [2.75, 3.05) is 0 Å². The predicted octanol–water partition coefficient (Wildman–Crippen LogP) is 2.76. The number of aryl methyl sites for hydroxylation is 2. The summed E-state index contributed by atoms with van der Waals surface area (Å²) in [6.07, 6.45) is 0. The van der Waals surface area contributed by atoms with E-state index in [-0.39, 0.29) is 5.92 Å². The Kier molecular flexibility index (Phi) is 2.71. The van der Waals surface area contributed by atoms with Crippen LogP contribution in [0.4, 0.5) is 0 Å². The molecule has 2 aliphatic heterocycles. The van der Waals surface area contributed by atoms with Crippen LogP contribution in [0.3, 0.4) is 0 Å². The molecule has 0 saturated carbocycles. The van der Waals surface area contributed by atoms with Gasteiger partial charge >= 0.3 is 11.3 Å². The second-order valence-corrected chi connectivity index (χ2v) is 6.91. The van der Waals surface area contributed by atoms with Crippen molar-refractivity contribution in [3.05, 3.63) is 55.6 Å². The molecule has 0 aliphatic carbocycles. The quantitative estimate of drug-likeness (QED) is 0.739. The van der Waals surface area contributed by atoms with Gasteiger partial charge in [0.1, 0.15) is 45.3 Å². The third-order valence-corrected chi connectivity index (χ3v) is 5.37. The maximum Gasteiger partial charge on any atom is 0.346 e. The van der Waals surface area contributed by atoms with Crippen molar-refractivity contribution in [2.24, 2.45) is 5.92 Å². The summed E-state index contributed by atoms with van der Waals surface area (Å²) in [6.45, 7) is 8.91. The Labute approximate surface area is 138 Å². The van der Waals surface area contributed by atoms with Gasteiger partial charge < -0.3 is 18.3 Å². The molecule has 6 heteroatoms. The lowest BCUT2D eigenvalue weighted by Crippen LogP contribution is -2.60. The fourth-order valence-corrected chi connectivity index (χ4v) is 3.92. The zero-order valence-corrected chi connectivity index (χ0v) is 14.2. The van der Waals surface area contributed by atoms with Crippen molar-refractivity contribution in [2.45, 2.75) is 45.8 Å². The van der Waals surface area contributed by atoms with Crippen LogP contribution in [0.15, 0.2) is 30.6 Å². The number of hydrogen-bond donors (Lipinski definition) is 0. The molecule has 2 atom stereocenters. The van der Waals surface area contributed by atoms with E-state index in [1.807, 2.05) is 20.8 Å². The van der Waals surface area contributed by atoms with Crippen LogP contribution in [-0.2, 0) is 11.2 Å². The van der Waals surface area contributed by atoms with E-state index in [4.69, 9.17) is 18.3 Å². The zero-order valence-electron chi connectivity index (χ0n) is 14.2. The molecular weight excluding hydrogens is 312 g/mol. The third-order valence-electron chi connectivity index (χ3n) is 5.37. The summed E-state index contributed by atoms with van der Waals surface area (Å²) in [5, 5.41) is 0. The second kappa shape index (κ2) is 4.32. The van der Waals surface area contributed by atoms with Crippen molar-refractivity contribution in [3.63, 3.8) is 0 Å². The van der Waals surface area contributed by atoms with E-state index in [9.17, 15) is 9.59 Å². The molecule has 0 amide bonds. The lowest BCUT2D eigenvalue weighted by molar-refractivity contribution is -0.132. The standard InChI is InChI=1S/C18H18O6/c1-8-6-11-13(15(19)21-8)17(4)10(3)18(5,23-11)14-12(24-17)7-9(2)22-16(14)20/h6-7,10H,1-5H3. The van der Waals surface area contributed by atoms with E-state index < -0.39 is 22.5 Å². The van der Waals surface area contributed by atoms with Gasteiger partial charge in [0.25, 0.3) is 0 Å². The molecule has 2 bridgehead atoms. The maximum absolute atomic E-state index is 12.5. The first kappa shape index (κ1) is 15.1. The summed E-state index contributed by atoms with van der Waals surface area (Å²) in [7, 11) is 0. The number of rotatable bonds is 0. The first-order chi connectivity index (χ1) is 11.2. The summed E-state index contributed by atoms with van der Waals surface area (Å²) >= 11 is 0. The smallest absolute Gasteiger partial charge is 0.346 e. The van der Waals surface area contributed by atoms with Gasteiger partial charge in [0, 0.05) is 18.1 Å². The molecule has 6 nitrogen and oxygen atoms in total. The molecule has 4 heterocycles. The Balaban J connectivity index is 2.10. The van der Waals surface area contributed by atoms with E-state index in [0.717, 1.165) is 0 Å². The average molecular weight is 330 g/mol. The minimum Gasteiger partial charge on any atom is -0.481 e. The van der Waals surface area contributed by atoms with Crippen LogP contribution in [0.5, 0.6) is 11.5 Å². The van der Waals surface area contributed by atoms with Gasteiger partial charge in [-0.15, -0.1) is 0 Å². The maximum atomic E-state index is 12.5. The molecule has 2 aliphatic rings. The van der Waals surface area contributed by atoms with Crippen LogP contribution in [-0.4, -0.2) is 0 Å². The van der Waals surface area contributed by atoms with Crippen molar-refractivity contribution >= 4 is 0 Å². The highest BCUT2D eigenvalue weighted by Gasteiger charge is 2.61. The zero-order chi connectivity index (χ0) is 17.4. The average Bonchev–Trinajstić information content (AvgIpc) is 2.41. The first-order valence-electron chi connectivity index (χ1n) is 7.85. The Hall–Kier alpha value is -2.50. The van der Waals surface area contributed by atoms with Crippen LogP contribution in [0.1, 0.15) is 43.4 Å². The Morgan fingerprint density at radius 1 is 0.833 bits per heavy atom. The van der Waals surface area contributed by atoms with Crippen LogP contribution >= 0.6 is 0 Å². The Morgan fingerprint density at radius 3 is 1.58 bits per heavy atom. The third kappa shape index (κ3) is 1.66. The van der Waals surface area contributed by atoms with Gasteiger partial charge in [-0.1, -0.05) is 6.92 Å². The van der Waals surface area contributed by atoms with Crippen molar-refractivity contribution in [3.8, 4) is 11.5 Å². The van der Waals surface area contributed by atoms with Crippen LogP contribution in [0, 0.1) is 19.8 Å². The lowest BCUT2D eigenvalue weighted by Gasteiger charge is -2.53. The molecule has 0 N–H and O–H groups in total. The Bertz CT molecular complexity index is 904. The largest absolute Gasteiger partial charge is 0.481 e. The summed E-state index contributed by atoms with van der Waals surface area (Å²) in [5.41, 5.74) is -2.22. The summed E-state index contributed by atoms with van der Waals surface area (Å²) in [4.78, 5) is 25.0. The van der Waals surface area contributed by atoms with E-state index in [2.05, 4.69) is 0 Å². The molecule has 2 aromatic heterocycles. The fraction of sp³-hybridized carbons (Fsp3) is 0.444. The molecule has 2 aromatic rings. The molecule has 126 valence electrons. The molecule has 0 radical (unpaired) electrons. The highest BCUT2D eigenvalue weighted by Crippen LogP contribution is 2.57. The molecule has 0 fully saturated rings. The monoisotopic (exact) mass is 330 g/mol. The highest BCUT2D eigenvalue weighted by molar-refractivity contribution is 5.49. The second-order valence-electron chi connectivity index (χ2n) is 6.91. The van der Waals surface area contributed by atoms with Gasteiger partial charge in [0.15, 0.2) is 0 Å². The van der Waals surface area contributed by atoms with E-state index in [1.165, 1.54) is 0 Å². The number of hydrogen-bond acceptors (Lipinski definition) is 6. The van der Waals surface area contributed by atoms with Gasteiger partial charge in [-0.25, -0.2) is 9.59 Å². The van der Waals surface area contributed by atoms with Crippen LogP contribution in [0.25, 0.3) is 0 Å². The molecule has 2 unspecified atom stereocenters. The Morgan fingerprint density at radius 2 is 1.21 bits per heavy atom. The number of ether oxygens (including phenoxy) is 2. The predicted molar refractivity (Wildman–Crippen MR) is 84.6 cm³/mol. The minimum atomic E-state index is -0.968.